The smallest absolute Gasteiger partial charge is 0.152 e. The van der Waals surface area contributed by atoms with Gasteiger partial charge < -0.3 is 0 Å². The molecule has 0 aliphatic carbocycles. The Morgan fingerprint density at radius 3 is 2.53 bits per heavy atom. The predicted molar refractivity (Wildman–Crippen MR) is 79.2 cm³/mol. The maximum Gasteiger partial charge on any atom is 0.152 e. The molecule has 0 N–H and O–H groups in total. The van der Waals surface area contributed by atoms with Gasteiger partial charge in [-0.25, -0.2) is 14.4 Å². The molecule has 0 spiro atoms. The van der Waals surface area contributed by atoms with Crippen LogP contribution in [-0.4, -0.2) is 9.97 Å². The van der Waals surface area contributed by atoms with Crippen LogP contribution in [0.4, 0.5) is 4.39 Å². The van der Waals surface area contributed by atoms with E-state index >= 15 is 0 Å². The van der Waals surface area contributed by atoms with Crippen molar-refractivity contribution in [2.45, 2.75) is 19.8 Å². The fourth-order valence-electron chi connectivity index (χ4n) is 1.56. The normalized spacial score (nSPS) is 11.1. The Balaban J connectivity index is 2.62. The summed E-state index contributed by atoms with van der Waals surface area (Å²) in [5.74, 6) is 0.146. The Morgan fingerprint density at radius 1 is 1.21 bits per heavy atom. The quantitative estimate of drug-likeness (QED) is 0.521. The van der Waals surface area contributed by atoms with Gasteiger partial charge in [-0.1, -0.05) is 37.0 Å². The largest absolute Gasteiger partial charge is 0.232 e. The Bertz CT molecular complexity index is 632. The van der Waals surface area contributed by atoms with E-state index in [-0.39, 0.29) is 16.1 Å². The number of hydrogen-bond donors (Lipinski definition) is 0. The van der Waals surface area contributed by atoms with Gasteiger partial charge in [0.25, 0.3) is 0 Å². The van der Waals surface area contributed by atoms with Gasteiger partial charge in [-0.2, -0.15) is 0 Å². The minimum Gasteiger partial charge on any atom is -0.232 e. The highest BCUT2D eigenvalue weighted by Gasteiger charge is 2.15. The van der Waals surface area contributed by atoms with E-state index in [9.17, 15) is 4.39 Å². The van der Waals surface area contributed by atoms with Gasteiger partial charge >= 0.3 is 0 Å². The third kappa shape index (κ3) is 3.07. The van der Waals surface area contributed by atoms with E-state index in [0.717, 1.165) is 0 Å². The molecule has 1 aromatic heterocycles. The number of nitrogens with zero attached hydrogens (tertiary/aromatic N) is 2. The zero-order valence-corrected chi connectivity index (χ0v) is 13.3. The first-order valence-electron chi connectivity index (χ1n) is 5.58. The number of halogens is 4. The molecule has 0 atom stereocenters. The highest BCUT2D eigenvalue weighted by atomic mass is 79.9. The van der Waals surface area contributed by atoms with Crippen molar-refractivity contribution in [1.29, 1.82) is 0 Å². The molecule has 2 rings (SSSR count). The molecule has 0 radical (unpaired) electrons. The highest BCUT2D eigenvalue weighted by molar-refractivity contribution is 9.10. The van der Waals surface area contributed by atoms with E-state index in [1.165, 1.54) is 6.07 Å². The van der Waals surface area contributed by atoms with Gasteiger partial charge in [-0.15, -0.1) is 0 Å². The minimum atomic E-state index is -0.527. The lowest BCUT2D eigenvalue weighted by atomic mass is 10.1. The van der Waals surface area contributed by atoms with E-state index in [2.05, 4.69) is 25.9 Å². The first kappa shape index (κ1) is 14.7. The average molecular weight is 364 g/mol. The van der Waals surface area contributed by atoms with E-state index in [1.54, 1.807) is 12.1 Å². The molecule has 0 saturated carbocycles. The van der Waals surface area contributed by atoms with Crippen LogP contribution in [0.1, 0.15) is 25.6 Å². The van der Waals surface area contributed by atoms with E-state index in [0.29, 0.717) is 21.6 Å². The molecule has 0 saturated heterocycles. The molecule has 0 fully saturated rings. The van der Waals surface area contributed by atoms with Crippen LogP contribution in [0.25, 0.3) is 11.3 Å². The van der Waals surface area contributed by atoms with Gasteiger partial charge in [0.2, 0.25) is 0 Å². The summed E-state index contributed by atoms with van der Waals surface area (Å²) in [5.41, 5.74) is 0.731. The van der Waals surface area contributed by atoms with E-state index in [1.807, 2.05) is 13.8 Å². The second-order valence-corrected chi connectivity index (χ2v) is 5.93. The number of aromatic nitrogens is 2. The van der Waals surface area contributed by atoms with Gasteiger partial charge in [-0.3, -0.25) is 0 Å². The van der Waals surface area contributed by atoms with Crippen LogP contribution in [0, 0.1) is 5.82 Å². The topological polar surface area (TPSA) is 25.8 Å². The lowest BCUT2D eigenvalue weighted by Crippen LogP contribution is -2.00. The van der Waals surface area contributed by atoms with Crippen molar-refractivity contribution in [3.8, 4) is 11.3 Å². The summed E-state index contributed by atoms with van der Waals surface area (Å²) in [6.07, 6.45) is 0. The molecule has 1 aromatic carbocycles. The van der Waals surface area contributed by atoms with Gasteiger partial charge in [0.1, 0.15) is 11.0 Å². The lowest BCUT2D eigenvalue weighted by molar-refractivity contribution is 0.630. The second-order valence-electron chi connectivity index (χ2n) is 4.31. The Labute approximate surface area is 129 Å². The lowest BCUT2D eigenvalue weighted by Gasteiger charge is -2.09. The van der Waals surface area contributed by atoms with Crippen molar-refractivity contribution in [2.24, 2.45) is 0 Å². The highest BCUT2D eigenvalue weighted by Crippen LogP contribution is 2.33. The summed E-state index contributed by atoms with van der Waals surface area (Å²) in [4.78, 5) is 8.44. The molecule has 19 heavy (non-hydrogen) atoms. The molecule has 2 nitrogen and oxygen atoms in total. The van der Waals surface area contributed by atoms with Crippen molar-refractivity contribution < 1.29 is 4.39 Å². The average Bonchev–Trinajstić information content (AvgIpc) is 2.35. The molecule has 0 amide bonds. The maximum atomic E-state index is 14.1. The molecule has 0 bridgehead atoms. The van der Waals surface area contributed by atoms with Crippen molar-refractivity contribution >= 4 is 39.1 Å². The zero-order valence-electron chi connectivity index (χ0n) is 10.2. The van der Waals surface area contributed by atoms with Crippen molar-refractivity contribution in [1.82, 2.24) is 9.97 Å². The molecule has 1 heterocycles. The molecule has 2 aromatic rings. The Morgan fingerprint density at radius 2 is 1.89 bits per heavy atom. The molecule has 0 aliphatic rings. The molecule has 0 aliphatic heterocycles. The number of hydrogen-bond acceptors (Lipinski definition) is 2. The van der Waals surface area contributed by atoms with Crippen LogP contribution >= 0.6 is 39.1 Å². The molecular weight excluding hydrogens is 354 g/mol. The Hall–Kier alpha value is -0.710. The second kappa shape index (κ2) is 5.73. The van der Waals surface area contributed by atoms with Crippen LogP contribution in [0.5, 0.6) is 0 Å². The number of rotatable bonds is 2. The molecular formula is C13H10BrCl2FN2. The number of benzene rings is 1. The molecule has 6 heteroatoms. The standard InChI is InChI=1S/C13H10BrCl2FN2/c1-6(2)13-18-9(5-10(15)19-13)7-3-4-8(14)11(16)12(7)17/h3-6H,1-2H3. The third-order valence-corrected chi connectivity index (χ3v) is 3.99. The van der Waals surface area contributed by atoms with Gasteiger partial charge in [-0.05, 0) is 28.1 Å². The van der Waals surface area contributed by atoms with Gasteiger partial charge in [0.15, 0.2) is 5.82 Å². The van der Waals surface area contributed by atoms with Crippen LogP contribution in [-0.2, 0) is 0 Å². The summed E-state index contributed by atoms with van der Waals surface area (Å²) < 4.78 is 14.6. The minimum absolute atomic E-state index is 0.0262. The summed E-state index contributed by atoms with van der Waals surface area (Å²) in [6, 6.07) is 4.80. The SMILES string of the molecule is CC(C)c1nc(Cl)cc(-c2ccc(Br)c(Cl)c2F)n1. The zero-order chi connectivity index (χ0) is 14.2. The fourth-order valence-corrected chi connectivity index (χ4v) is 2.22. The molecule has 0 unspecified atom stereocenters. The first-order valence-corrected chi connectivity index (χ1v) is 7.13. The van der Waals surface area contributed by atoms with Gasteiger partial charge in [0.05, 0.1) is 10.7 Å². The third-order valence-electron chi connectivity index (χ3n) is 2.54. The summed E-state index contributed by atoms with van der Waals surface area (Å²) in [5, 5.41) is 0.311. The van der Waals surface area contributed by atoms with Crippen LogP contribution < -0.4 is 0 Å². The van der Waals surface area contributed by atoms with E-state index in [4.69, 9.17) is 23.2 Å². The van der Waals surface area contributed by atoms with Crippen LogP contribution in [0.3, 0.4) is 0 Å². The maximum absolute atomic E-state index is 14.1. The molecule has 100 valence electrons. The van der Waals surface area contributed by atoms with Crippen molar-refractivity contribution in [2.75, 3.05) is 0 Å². The van der Waals surface area contributed by atoms with Gasteiger partial charge in [0, 0.05) is 22.0 Å². The monoisotopic (exact) mass is 362 g/mol. The van der Waals surface area contributed by atoms with Crippen molar-refractivity contribution in [3.63, 3.8) is 0 Å². The summed E-state index contributed by atoms with van der Waals surface area (Å²) in [7, 11) is 0. The first-order chi connectivity index (χ1) is 8.90. The van der Waals surface area contributed by atoms with E-state index < -0.39 is 5.82 Å². The summed E-state index contributed by atoms with van der Waals surface area (Å²) >= 11 is 15.0. The summed E-state index contributed by atoms with van der Waals surface area (Å²) in [6.45, 7) is 3.89. The Kier molecular flexibility index (Phi) is 4.43. The fraction of sp³-hybridized carbons (Fsp3) is 0.231. The van der Waals surface area contributed by atoms with Crippen LogP contribution in [0.2, 0.25) is 10.2 Å². The van der Waals surface area contributed by atoms with Crippen molar-refractivity contribution in [3.05, 3.63) is 44.5 Å². The predicted octanol–water partition coefficient (Wildman–Crippen LogP) is 5.48. The van der Waals surface area contributed by atoms with Crippen LogP contribution in [0.15, 0.2) is 22.7 Å².